The zero-order chi connectivity index (χ0) is 18.6. The zero-order valence-electron chi connectivity index (χ0n) is 15.1. The average Bonchev–Trinajstić information content (AvgIpc) is 2.78. The van der Waals surface area contributed by atoms with E-state index < -0.39 is 24.1 Å². The Morgan fingerprint density at radius 2 is 2.20 bits per heavy atom. The van der Waals surface area contributed by atoms with Crippen LogP contribution in [0.25, 0.3) is 0 Å². The molecule has 5 nitrogen and oxygen atoms in total. The summed E-state index contributed by atoms with van der Waals surface area (Å²) in [6.07, 6.45) is 5.45. The molecule has 1 fully saturated rings. The number of allylic oxidation sites excluding steroid dienone is 2. The monoisotopic (exact) mass is 346 g/mol. The van der Waals surface area contributed by atoms with Gasteiger partial charge in [0.1, 0.15) is 18.5 Å². The van der Waals surface area contributed by atoms with Crippen molar-refractivity contribution in [3.05, 3.63) is 35.5 Å². The molecule has 1 aliphatic carbocycles. The van der Waals surface area contributed by atoms with Gasteiger partial charge in [-0.15, -0.1) is 0 Å². The van der Waals surface area contributed by atoms with E-state index in [9.17, 15) is 14.4 Å². The molecule has 1 saturated heterocycles. The highest BCUT2D eigenvalue weighted by Gasteiger charge is 2.44. The average molecular weight is 346 g/mol. The van der Waals surface area contributed by atoms with Crippen LogP contribution in [0.2, 0.25) is 0 Å². The number of rotatable bonds is 4. The number of hydrogen-bond acceptors (Lipinski definition) is 5. The lowest BCUT2D eigenvalue weighted by Gasteiger charge is -2.27. The van der Waals surface area contributed by atoms with Crippen LogP contribution in [0.5, 0.6) is 0 Å². The third-order valence-corrected chi connectivity index (χ3v) is 4.50. The number of ether oxygens (including phenoxy) is 2. The molecule has 0 aromatic rings. The van der Waals surface area contributed by atoms with Crippen LogP contribution in [-0.4, -0.2) is 30.4 Å². The summed E-state index contributed by atoms with van der Waals surface area (Å²) in [6, 6.07) is 0. The lowest BCUT2D eigenvalue weighted by atomic mass is 9.85. The van der Waals surface area contributed by atoms with E-state index in [1.165, 1.54) is 0 Å². The second-order valence-electron chi connectivity index (χ2n) is 7.20. The third-order valence-electron chi connectivity index (χ3n) is 4.50. The van der Waals surface area contributed by atoms with Gasteiger partial charge in [0, 0.05) is 18.4 Å². The highest BCUT2D eigenvalue weighted by atomic mass is 16.6. The molecule has 0 aromatic heterocycles. The van der Waals surface area contributed by atoms with Crippen LogP contribution in [0.3, 0.4) is 0 Å². The minimum Gasteiger partial charge on any atom is -0.461 e. The normalized spacial score (nSPS) is 31.3. The van der Waals surface area contributed by atoms with Crippen LogP contribution in [0.15, 0.2) is 35.5 Å². The van der Waals surface area contributed by atoms with E-state index in [1.54, 1.807) is 0 Å². The van der Waals surface area contributed by atoms with Gasteiger partial charge in [-0.1, -0.05) is 32.1 Å². The van der Waals surface area contributed by atoms with Crippen LogP contribution < -0.4 is 0 Å². The summed E-state index contributed by atoms with van der Waals surface area (Å²) in [4.78, 5) is 35.6. The Balaban J connectivity index is 2.35. The fourth-order valence-electron chi connectivity index (χ4n) is 3.23. The van der Waals surface area contributed by atoms with Crippen LogP contribution in [-0.2, 0) is 23.9 Å². The van der Waals surface area contributed by atoms with Crippen LogP contribution >= 0.6 is 0 Å². The Hall–Kier alpha value is -2.17. The molecule has 0 radical (unpaired) electrons. The molecule has 0 bridgehead atoms. The van der Waals surface area contributed by atoms with Gasteiger partial charge in [0.15, 0.2) is 0 Å². The maximum atomic E-state index is 12.2. The highest BCUT2D eigenvalue weighted by Crippen LogP contribution is 2.36. The number of aldehydes is 1. The summed E-state index contributed by atoms with van der Waals surface area (Å²) in [5.41, 5.74) is 1.93. The predicted octanol–water partition coefficient (Wildman–Crippen LogP) is 3.30. The molecular formula is C20H26O5. The van der Waals surface area contributed by atoms with Gasteiger partial charge in [-0.2, -0.15) is 0 Å². The van der Waals surface area contributed by atoms with Gasteiger partial charge in [-0.25, -0.2) is 4.79 Å². The predicted molar refractivity (Wildman–Crippen MR) is 93.6 cm³/mol. The first kappa shape index (κ1) is 19.2. The number of esters is 2. The summed E-state index contributed by atoms with van der Waals surface area (Å²) in [7, 11) is 0. The zero-order valence-corrected chi connectivity index (χ0v) is 15.1. The van der Waals surface area contributed by atoms with Crippen molar-refractivity contribution in [1.82, 2.24) is 0 Å². The summed E-state index contributed by atoms with van der Waals surface area (Å²) < 4.78 is 11.1. The molecule has 1 aliphatic heterocycles. The number of carbonyl (C=O) groups excluding carboxylic acids is 3. The minimum atomic E-state index is -0.645. The second kappa shape index (κ2) is 8.28. The summed E-state index contributed by atoms with van der Waals surface area (Å²) >= 11 is 0. The molecule has 0 amide bonds. The third kappa shape index (κ3) is 4.91. The molecule has 0 spiro atoms. The van der Waals surface area contributed by atoms with E-state index in [1.807, 2.05) is 32.9 Å². The maximum absolute atomic E-state index is 12.2. The van der Waals surface area contributed by atoms with Crippen molar-refractivity contribution in [3.8, 4) is 0 Å². The van der Waals surface area contributed by atoms with E-state index in [0.717, 1.165) is 24.7 Å². The molecule has 136 valence electrons. The SMILES string of the molecule is C=C1C(=O)O[C@H]2/C=C(\C)CC/C=C(/C=O)C[C@@H](OC(=O)CC(C)C)[C@@H]12. The van der Waals surface area contributed by atoms with Gasteiger partial charge in [-0.05, 0) is 37.3 Å². The van der Waals surface area contributed by atoms with Crippen LogP contribution in [0.1, 0.15) is 46.5 Å². The largest absolute Gasteiger partial charge is 0.461 e. The van der Waals surface area contributed by atoms with Gasteiger partial charge in [0.2, 0.25) is 0 Å². The summed E-state index contributed by atoms with van der Waals surface area (Å²) in [6.45, 7) is 9.66. The topological polar surface area (TPSA) is 69.7 Å². The number of fused-ring (bicyclic) bond motifs is 1. The molecule has 0 aromatic carbocycles. The van der Waals surface area contributed by atoms with E-state index in [2.05, 4.69) is 6.58 Å². The van der Waals surface area contributed by atoms with Crippen LogP contribution in [0, 0.1) is 11.8 Å². The smallest absolute Gasteiger partial charge is 0.334 e. The lowest BCUT2D eigenvalue weighted by molar-refractivity contribution is -0.153. The van der Waals surface area contributed by atoms with Crippen molar-refractivity contribution in [2.45, 2.75) is 58.7 Å². The fraction of sp³-hybridized carbons (Fsp3) is 0.550. The molecule has 3 atom stereocenters. The van der Waals surface area contributed by atoms with E-state index in [4.69, 9.17) is 9.47 Å². The number of carbonyl (C=O) groups is 3. The molecule has 0 saturated carbocycles. The molecular weight excluding hydrogens is 320 g/mol. The van der Waals surface area contributed by atoms with Crippen molar-refractivity contribution >= 4 is 18.2 Å². The Bertz CT molecular complexity index is 626. The fourth-order valence-corrected chi connectivity index (χ4v) is 3.23. The Kier molecular flexibility index (Phi) is 6.34. The lowest BCUT2D eigenvalue weighted by Crippen LogP contribution is -2.34. The second-order valence-corrected chi connectivity index (χ2v) is 7.20. The van der Waals surface area contributed by atoms with Crippen molar-refractivity contribution in [2.75, 3.05) is 0 Å². The van der Waals surface area contributed by atoms with Gasteiger partial charge in [0.05, 0.1) is 5.92 Å². The Morgan fingerprint density at radius 1 is 1.48 bits per heavy atom. The van der Waals surface area contributed by atoms with E-state index in [0.29, 0.717) is 11.1 Å². The maximum Gasteiger partial charge on any atom is 0.334 e. The van der Waals surface area contributed by atoms with Gasteiger partial charge in [-0.3, -0.25) is 9.59 Å². The van der Waals surface area contributed by atoms with Gasteiger partial charge < -0.3 is 9.47 Å². The Labute approximate surface area is 148 Å². The molecule has 5 heteroatoms. The van der Waals surface area contributed by atoms with Crippen molar-refractivity contribution in [2.24, 2.45) is 11.8 Å². The molecule has 2 rings (SSSR count). The summed E-state index contributed by atoms with van der Waals surface area (Å²) in [5.74, 6) is -1.12. The van der Waals surface area contributed by atoms with Crippen molar-refractivity contribution in [3.63, 3.8) is 0 Å². The van der Waals surface area contributed by atoms with Crippen LogP contribution in [0.4, 0.5) is 0 Å². The first-order valence-electron chi connectivity index (χ1n) is 8.72. The first-order chi connectivity index (χ1) is 11.8. The Morgan fingerprint density at radius 3 is 2.84 bits per heavy atom. The summed E-state index contributed by atoms with van der Waals surface area (Å²) in [5, 5.41) is 0. The molecule has 1 heterocycles. The minimum absolute atomic E-state index is 0.163. The molecule has 0 N–H and O–H groups in total. The first-order valence-corrected chi connectivity index (χ1v) is 8.72. The standard InChI is InChI=1S/C20H26O5/c1-12(2)8-18(22)24-17-10-15(11-21)7-5-6-13(3)9-16-19(17)14(4)20(23)25-16/h7,9,11-12,16-17,19H,4-6,8,10H2,1-3H3/b13-9+,15-7+/t16-,17+,19-/m0/s1. The number of hydrogen-bond donors (Lipinski definition) is 0. The van der Waals surface area contributed by atoms with Gasteiger partial charge >= 0.3 is 11.9 Å². The molecule has 25 heavy (non-hydrogen) atoms. The van der Waals surface area contributed by atoms with E-state index >= 15 is 0 Å². The highest BCUT2D eigenvalue weighted by molar-refractivity contribution is 5.91. The van der Waals surface area contributed by atoms with Gasteiger partial charge in [0.25, 0.3) is 0 Å². The molecule has 0 unspecified atom stereocenters. The quantitative estimate of drug-likeness (QED) is 0.338. The van der Waals surface area contributed by atoms with Crippen molar-refractivity contribution in [1.29, 1.82) is 0 Å². The van der Waals surface area contributed by atoms with Crippen molar-refractivity contribution < 1.29 is 23.9 Å². The molecule has 2 aliphatic rings. The van der Waals surface area contributed by atoms with E-state index in [-0.39, 0.29) is 24.7 Å².